The number of hydrogen-bond acceptors (Lipinski definition) is 3. The third-order valence-electron chi connectivity index (χ3n) is 7.98. The van der Waals surface area contributed by atoms with Gasteiger partial charge in [-0.1, -0.05) is 69.7 Å². The number of hydrogen-bond donors (Lipinski definition) is 1. The zero-order valence-corrected chi connectivity index (χ0v) is 22.3. The van der Waals surface area contributed by atoms with Crippen LogP contribution in [0.3, 0.4) is 0 Å². The van der Waals surface area contributed by atoms with E-state index in [1.54, 1.807) is 7.11 Å². The van der Waals surface area contributed by atoms with Gasteiger partial charge in [0.25, 0.3) is 0 Å². The second-order valence-corrected chi connectivity index (χ2v) is 11.5. The number of carbonyl (C=O) groups excluding carboxylic acids is 1. The van der Waals surface area contributed by atoms with Crippen LogP contribution in [0.25, 0.3) is 0 Å². The lowest BCUT2D eigenvalue weighted by atomic mass is 9.80. The van der Waals surface area contributed by atoms with Crippen molar-refractivity contribution in [2.75, 3.05) is 7.11 Å². The molecule has 4 rings (SSSR count). The molecule has 0 aromatic heterocycles. The largest absolute Gasteiger partial charge is 0.496 e. The summed E-state index contributed by atoms with van der Waals surface area (Å²) in [4.78, 5) is 15.7. The molecule has 1 aliphatic carbocycles. The van der Waals surface area contributed by atoms with E-state index in [0.717, 1.165) is 29.7 Å². The van der Waals surface area contributed by atoms with Crippen molar-refractivity contribution in [3.05, 3.63) is 65.2 Å². The lowest BCUT2D eigenvalue weighted by molar-refractivity contribution is -0.187. The van der Waals surface area contributed by atoms with E-state index >= 15 is 0 Å². The molecular formula is C30H39F3N2O2. The molecule has 2 aromatic carbocycles. The monoisotopic (exact) mass is 516 g/mol. The summed E-state index contributed by atoms with van der Waals surface area (Å²) in [6.07, 6.45) is -2.07. The predicted octanol–water partition coefficient (Wildman–Crippen LogP) is 7.14. The van der Waals surface area contributed by atoms with Gasteiger partial charge >= 0.3 is 6.18 Å². The number of likely N-dealkylation sites (tertiary alicyclic amines) is 1. The number of rotatable bonds is 6. The van der Waals surface area contributed by atoms with Crippen molar-refractivity contribution in [3.63, 3.8) is 0 Å². The van der Waals surface area contributed by atoms with Crippen LogP contribution in [0.2, 0.25) is 0 Å². The van der Waals surface area contributed by atoms with Crippen LogP contribution in [0.1, 0.15) is 82.0 Å². The average Bonchev–Trinajstić information content (AvgIpc) is 3.30. The zero-order chi connectivity index (χ0) is 26.8. The van der Waals surface area contributed by atoms with Crippen LogP contribution in [-0.4, -0.2) is 30.3 Å². The fourth-order valence-electron chi connectivity index (χ4n) is 5.85. The van der Waals surface area contributed by atoms with Crippen LogP contribution in [0.5, 0.6) is 5.75 Å². The summed E-state index contributed by atoms with van der Waals surface area (Å²) >= 11 is 0. The van der Waals surface area contributed by atoms with E-state index in [0.29, 0.717) is 19.4 Å². The smallest absolute Gasteiger partial charge is 0.391 e. The molecule has 1 N–H and O–H groups in total. The van der Waals surface area contributed by atoms with E-state index in [9.17, 15) is 18.0 Å². The molecule has 202 valence electrons. The summed E-state index contributed by atoms with van der Waals surface area (Å²) in [6.45, 7) is 6.98. The van der Waals surface area contributed by atoms with Gasteiger partial charge in [-0.25, -0.2) is 0 Å². The van der Waals surface area contributed by atoms with Crippen LogP contribution >= 0.6 is 0 Å². The molecule has 1 aliphatic heterocycles. The highest BCUT2D eigenvalue weighted by Gasteiger charge is 2.46. The number of halogens is 3. The van der Waals surface area contributed by atoms with Gasteiger partial charge in [0.15, 0.2) is 0 Å². The van der Waals surface area contributed by atoms with E-state index in [2.05, 4.69) is 38.2 Å². The first-order chi connectivity index (χ1) is 17.5. The van der Waals surface area contributed by atoms with Gasteiger partial charge in [0.2, 0.25) is 5.91 Å². The summed E-state index contributed by atoms with van der Waals surface area (Å²) in [7, 11) is 1.65. The first-order valence-corrected chi connectivity index (χ1v) is 13.3. The van der Waals surface area contributed by atoms with E-state index in [1.807, 2.05) is 41.3 Å². The maximum absolute atomic E-state index is 13.9. The molecule has 1 saturated heterocycles. The fourth-order valence-corrected chi connectivity index (χ4v) is 5.85. The Morgan fingerprint density at radius 1 is 1.03 bits per heavy atom. The molecule has 2 aliphatic rings. The highest BCUT2D eigenvalue weighted by Crippen LogP contribution is 2.43. The predicted molar refractivity (Wildman–Crippen MR) is 139 cm³/mol. The minimum absolute atomic E-state index is 0.0230. The Labute approximate surface area is 218 Å². The van der Waals surface area contributed by atoms with Crippen LogP contribution in [0, 0.1) is 11.8 Å². The van der Waals surface area contributed by atoms with Crippen molar-refractivity contribution in [1.82, 2.24) is 10.2 Å². The topological polar surface area (TPSA) is 41.6 Å². The molecular weight excluding hydrogens is 477 g/mol. The standard InChI is InChI=1S/C30H39F3N2O2/c1-29(2,3)23-13-15-26(37-4)22(18-23)19-34-27-16-14-25(20-9-6-5-7-10-20)35(27)28(36)21-11-8-12-24(17-21)30(31,32)33/h5-7,9-10,13,15,18,21,24-25,27,34H,8,11-12,14,16-17,19H2,1-4H3. The molecule has 4 atom stereocenters. The number of carbonyl (C=O) groups is 1. The summed E-state index contributed by atoms with van der Waals surface area (Å²) in [5.41, 5.74) is 3.19. The molecule has 0 spiro atoms. The minimum Gasteiger partial charge on any atom is -0.496 e. The first kappa shape index (κ1) is 27.5. The molecule has 1 saturated carbocycles. The number of nitrogens with one attached hydrogen (secondary N) is 1. The van der Waals surface area contributed by atoms with Crippen molar-refractivity contribution >= 4 is 5.91 Å². The second-order valence-electron chi connectivity index (χ2n) is 11.5. The van der Waals surface area contributed by atoms with Crippen LogP contribution in [0.15, 0.2) is 48.5 Å². The van der Waals surface area contributed by atoms with Crippen LogP contribution < -0.4 is 10.1 Å². The summed E-state index contributed by atoms with van der Waals surface area (Å²) in [5.74, 6) is -1.39. The van der Waals surface area contributed by atoms with Crippen molar-refractivity contribution in [2.24, 2.45) is 11.8 Å². The Hall–Kier alpha value is -2.54. The van der Waals surface area contributed by atoms with Gasteiger partial charge in [0.1, 0.15) is 5.75 Å². The molecule has 4 nitrogen and oxygen atoms in total. The van der Waals surface area contributed by atoms with Gasteiger partial charge in [-0.3, -0.25) is 10.1 Å². The minimum atomic E-state index is -4.25. The first-order valence-electron chi connectivity index (χ1n) is 13.3. The number of alkyl halides is 3. The quantitative estimate of drug-likeness (QED) is 0.444. The van der Waals surface area contributed by atoms with Crippen LogP contribution in [-0.2, 0) is 16.8 Å². The summed E-state index contributed by atoms with van der Waals surface area (Å²) < 4.78 is 46.2. The number of ether oxygens (including phenoxy) is 1. The zero-order valence-electron chi connectivity index (χ0n) is 22.3. The Kier molecular flexibility index (Phi) is 8.22. The lowest BCUT2D eigenvalue weighted by Gasteiger charge is -2.37. The average molecular weight is 517 g/mol. The van der Waals surface area contributed by atoms with Crippen molar-refractivity contribution in [1.29, 1.82) is 0 Å². The lowest BCUT2D eigenvalue weighted by Crippen LogP contribution is -2.48. The SMILES string of the molecule is COc1ccc(C(C)(C)C)cc1CNC1CCC(c2ccccc2)N1C(=O)C1CCCC(C(F)(F)F)C1. The van der Waals surface area contributed by atoms with Crippen LogP contribution in [0.4, 0.5) is 13.2 Å². The number of amides is 1. The normalized spacial score (nSPS) is 24.8. The number of nitrogens with zero attached hydrogens (tertiary/aromatic N) is 1. The second kappa shape index (κ2) is 11.1. The van der Waals surface area contributed by atoms with Gasteiger partial charge in [-0.15, -0.1) is 0 Å². The molecule has 2 aromatic rings. The van der Waals surface area contributed by atoms with Gasteiger partial charge in [0.05, 0.1) is 25.2 Å². The van der Waals surface area contributed by atoms with Gasteiger partial charge < -0.3 is 9.64 Å². The molecule has 0 radical (unpaired) electrons. The molecule has 7 heteroatoms. The highest BCUT2D eigenvalue weighted by molar-refractivity contribution is 5.80. The molecule has 0 bridgehead atoms. The number of benzene rings is 2. The van der Waals surface area contributed by atoms with Gasteiger partial charge in [-0.2, -0.15) is 13.2 Å². The van der Waals surface area contributed by atoms with Crippen molar-refractivity contribution in [3.8, 4) is 5.75 Å². The van der Waals surface area contributed by atoms with Gasteiger partial charge in [0, 0.05) is 18.0 Å². The van der Waals surface area contributed by atoms with E-state index < -0.39 is 18.0 Å². The fraction of sp³-hybridized carbons (Fsp3) is 0.567. The van der Waals surface area contributed by atoms with E-state index in [1.165, 1.54) is 5.56 Å². The number of methoxy groups -OCH3 is 1. The molecule has 4 unspecified atom stereocenters. The maximum atomic E-state index is 13.9. The Balaban J connectivity index is 1.58. The van der Waals surface area contributed by atoms with Crippen molar-refractivity contribution in [2.45, 2.75) is 89.6 Å². The van der Waals surface area contributed by atoms with E-state index in [-0.39, 0.29) is 36.4 Å². The summed E-state index contributed by atoms with van der Waals surface area (Å²) in [5, 5.41) is 3.57. The maximum Gasteiger partial charge on any atom is 0.391 e. The molecule has 1 heterocycles. The third kappa shape index (κ3) is 6.31. The molecule has 1 amide bonds. The van der Waals surface area contributed by atoms with E-state index in [4.69, 9.17) is 4.74 Å². The summed E-state index contributed by atoms with van der Waals surface area (Å²) in [6, 6.07) is 15.9. The Bertz CT molecular complexity index is 1060. The Morgan fingerprint density at radius 3 is 2.41 bits per heavy atom. The molecule has 37 heavy (non-hydrogen) atoms. The molecule has 2 fully saturated rings. The highest BCUT2D eigenvalue weighted by atomic mass is 19.4. The Morgan fingerprint density at radius 2 is 1.76 bits per heavy atom. The third-order valence-corrected chi connectivity index (χ3v) is 7.98. The van der Waals surface area contributed by atoms with Gasteiger partial charge in [-0.05, 0) is 54.7 Å². The van der Waals surface area contributed by atoms with Crippen molar-refractivity contribution < 1.29 is 22.7 Å².